The average molecular weight is 454 g/mol. The second kappa shape index (κ2) is 8.88. The third-order valence-corrected chi connectivity index (χ3v) is 5.83. The predicted molar refractivity (Wildman–Crippen MR) is 125 cm³/mol. The topological polar surface area (TPSA) is 106 Å². The molecule has 0 fully saturated rings. The van der Waals surface area contributed by atoms with Crippen LogP contribution in [-0.4, -0.2) is 28.3 Å². The van der Waals surface area contributed by atoms with Crippen molar-refractivity contribution in [1.82, 2.24) is 14.5 Å². The molecule has 3 aromatic heterocycles. The zero-order valence-corrected chi connectivity index (χ0v) is 18.7. The Balaban J connectivity index is 1.74. The van der Waals surface area contributed by atoms with E-state index in [1.807, 2.05) is 43.5 Å². The normalized spacial score (nSPS) is 11.2. The van der Waals surface area contributed by atoms with Gasteiger partial charge < -0.3 is 14.5 Å². The number of benzene rings is 1. The fourth-order valence-corrected chi connectivity index (χ4v) is 4.28. The molecule has 9 heteroatoms. The summed E-state index contributed by atoms with van der Waals surface area (Å²) in [4.78, 5) is 44.5. The van der Waals surface area contributed by atoms with Crippen molar-refractivity contribution in [3.8, 4) is 22.6 Å². The van der Waals surface area contributed by atoms with Gasteiger partial charge in [0.2, 0.25) is 5.43 Å². The van der Waals surface area contributed by atoms with Gasteiger partial charge >= 0.3 is 5.69 Å². The number of pyridine rings is 1. The van der Waals surface area contributed by atoms with Crippen LogP contribution in [0, 0.1) is 5.92 Å². The van der Waals surface area contributed by atoms with Crippen LogP contribution in [-0.2, 0) is 6.54 Å². The van der Waals surface area contributed by atoms with Gasteiger partial charge in [0.1, 0.15) is 10.6 Å². The van der Waals surface area contributed by atoms with Gasteiger partial charge in [-0.15, -0.1) is 11.3 Å². The van der Waals surface area contributed by atoms with Crippen molar-refractivity contribution >= 4 is 21.6 Å². The minimum atomic E-state index is -0.539. The van der Waals surface area contributed by atoms with E-state index in [-0.39, 0.29) is 23.6 Å². The molecule has 0 radical (unpaired) electrons. The number of H-pyrrole nitrogens is 2. The van der Waals surface area contributed by atoms with E-state index in [0.717, 1.165) is 10.1 Å². The van der Waals surface area contributed by atoms with E-state index in [0.29, 0.717) is 33.8 Å². The minimum Gasteiger partial charge on any atom is -0.497 e. The average Bonchev–Trinajstić information content (AvgIpc) is 3.20. The van der Waals surface area contributed by atoms with Crippen LogP contribution in [0.15, 0.2) is 56.3 Å². The number of nitrogens with zero attached hydrogens (tertiary/aromatic N) is 1. The Morgan fingerprint density at radius 3 is 2.69 bits per heavy atom. The molecule has 166 valence electrons. The summed E-state index contributed by atoms with van der Waals surface area (Å²) in [5, 5.41) is 2.26. The number of aromatic nitrogens is 3. The Bertz CT molecular complexity index is 1440. The van der Waals surface area contributed by atoms with Crippen molar-refractivity contribution in [3.05, 3.63) is 78.7 Å². The highest BCUT2D eigenvalue weighted by molar-refractivity contribution is 7.17. The standard InChI is InChI=1S/C23H23N3O5S/c1-13(2)11-31-19-9-24-15(8-18(19)27)10-26-22(28)20-17(12-32-21(20)25-23(26)29)14-5-4-6-16(7-14)30-3/h4-9,12-13H,10-11H2,1-3H3,(H,24,27)(H,25,29). The van der Waals surface area contributed by atoms with Crippen molar-refractivity contribution in [2.75, 3.05) is 13.7 Å². The number of fused-ring (bicyclic) bond motifs is 1. The zero-order chi connectivity index (χ0) is 22.8. The smallest absolute Gasteiger partial charge is 0.329 e. The highest BCUT2D eigenvalue weighted by Crippen LogP contribution is 2.32. The molecule has 3 heterocycles. The lowest BCUT2D eigenvalue weighted by Crippen LogP contribution is -2.35. The van der Waals surface area contributed by atoms with Crippen LogP contribution < -0.4 is 26.2 Å². The predicted octanol–water partition coefficient (Wildman–Crippen LogP) is 3.20. The lowest BCUT2D eigenvalue weighted by molar-refractivity contribution is 0.267. The number of aromatic amines is 2. The van der Waals surface area contributed by atoms with Gasteiger partial charge in [0.05, 0.1) is 25.6 Å². The summed E-state index contributed by atoms with van der Waals surface area (Å²) in [6, 6.07) is 8.73. The van der Waals surface area contributed by atoms with Crippen molar-refractivity contribution in [2.24, 2.45) is 5.92 Å². The largest absolute Gasteiger partial charge is 0.497 e. The monoisotopic (exact) mass is 453 g/mol. The number of hydrogen-bond donors (Lipinski definition) is 2. The van der Waals surface area contributed by atoms with Gasteiger partial charge in [-0.25, -0.2) is 4.79 Å². The first-order valence-electron chi connectivity index (χ1n) is 10.1. The summed E-state index contributed by atoms with van der Waals surface area (Å²) in [7, 11) is 1.58. The van der Waals surface area contributed by atoms with Crippen molar-refractivity contribution in [2.45, 2.75) is 20.4 Å². The first-order chi connectivity index (χ1) is 15.4. The first kappa shape index (κ1) is 21.6. The summed E-state index contributed by atoms with van der Waals surface area (Å²) >= 11 is 1.29. The first-order valence-corrected chi connectivity index (χ1v) is 11.0. The molecular weight excluding hydrogens is 430 g/mol. The van der Waals surface area contributed by atoms with Gasteiger partial charge in [-0.3, -0.25) is 19.1 Å². The Morgan fingerprint density at radius 1 is 1.16 bits per heavy atom. The third-order valence-electron chi connectivity index (χ3n) is 4.93. The second-order valence-corrected chi connectivity index (χ2v) is 8.68. The molecule has 32 heavy (non-hydrogen) atoms. The van der Waals surface area contributed by atoms with Crippen LogP contribution in [0.3, 0.4) is 0 Å². The van der Waals surface area contributed by atoms with Gasteiger partial charge in [-0.1, -0.05) is 26.0 Å². The summed E-state index contributed by atoms with van der Waals surface area (Å²) in [5.41, 5.74) is 0.678. The van der Waals surface area contributed by atoms with Crippen LogP contribution in [0.4, 0.5) is 0 Å². The maximum atomic E-state index is 13.3. The number of nitrogens with one attached hydrogen (secondary N) is 2. The zero-order valence-electron chi connectivity index (χ0n) is 17.9. The molecule has 0 unspecified atom stereocenters. The number of thiophene rings is 1. The quantitative estimate of drug-likeness (QED) is 0.447. The molecule has 1 aromatic carbocycles. The third kappa shape index (κ3) is 4.24. The lowest BCUT2D eigenvalue weighted by atomic mass is 10.1. The van der Waals surface area contributed by atoms with Crippen LogP contribution in [0.5, 0.6) is 11.5 Å². The molecule has 0 aliphatic rings. The molecule has 4 aromatic rings. The molecule has 4 rings (SSSR count). The molecular formula is C23H23N3O5S. The Labute approximate surface area is 187 Å². The van der Waals surface area contributed by atoms with Crippen LogP contribution in [0.25, 0.3) is 21.3 Å². The van der Waals surface area contributed by atoms with E-state index in [1.54, 1.807) is 7.11 Å². The molecule has 0 aliphatic heterocycles. The maximum absolute atomic E-state index is 13.3. The van der Waals surface area contributed by atoms with Gasteiger partial charge in [0.25, 0.3) is 5.56 Å². The van der Waals surface area contributed by atoms with Crippen molar-refractivity contribution < 1.29 is 9.47 Å². The molecule has 0 saturated heterocycles. The van der Waals surface area contributed by atoms with Crippen LogP contribution in [0.2, 0.25) is 0 Å². The fourth-order valence-electron chi connectivity index (χ4n) is 3.33. The van der Waals surface area contributed by atoms with E-state index in [2.05, 4.69) is 9.97 Å². The molecule has 8 nitrogen and oxygen atoms in total. The van der Waals surface area contributed by atoms with Gasteiger partial charge in [-0.2, -0.15) is 0 Å². The van der Waals surface area contributed by atoms with Gasteiger partial charge in [0.15, 0.2) is 5.75 Å². The Hall–Kier alpha value is -3.59. The second-order valence-electron chi connectivity index (χ2n) is 7.80. The molecule has 0 saturated carbocycles. The van der Waals surface area contributed by atoms with Crippen molar-refractivity contribution in [1.29, 1.82) is 0 Å². The lowest BCUT2D eigenvalue weighted by Gasteiger charge is -2.10. The summed E-state index contributed by atoms with van der Waals surface area (Å²) in [6.07, 6.45) is 1.46. The number of rotatable bonds is 7. The van der Waals surface area contributed by atoms with Crippen LogP contribution >= 0.6 is 11.3 Å². The van der Waals surface area contributed by atoms with E-state index in [1.165, 1.54) is 23.6 Å². The van der Waals surface area contributed by atoms with E-state index in [9.17, 15) is 14.4 Å². The molecule has 0 atom stereocenters. The van der Waals surface area contributed by atoms with Gasteiger partial charge in [-0.05, 0) is 23.6 Å². The fraction of sp³-hybridized carbons (Fsp3) is 0.261. The van der Waals surface area contributed by atoms with Crippen LogP contribution in [0.1, 0.15) is 19.5 Å². The van der Waals surface area contributed by atoms with Gasteiger partial charge in [0, 0.05) is 28.9 Å². The summed E-state index contributed by atoms with van der Waals surface area (Å²) in [5.74, 6) is 1.16. The number of ether oxygens (including phenoxy) is 2. The highest BCUT2D eigenvalue weighted by atomic mass is 32.1. The number of hydrogen-bond acceptors (Lipinski definition) is 6. The van der Waals surface area contributed by atoms with Crippen molar-refractivity contribution in [3.63, 3.8) is 0 Å². The maximum Gasteiger partial charge on any atom is 0.329 e. The molecule has 0 amide bonds. The highest BCUT2D eigenvalue weighted by Gasteiger charge is 2.16. The SMILES string of the molecule is COc1cccc(-c2csc3[nH]c(=O)n(Cc4cc(=O)c(OCC(C)C)c[nH]4)c(=O)c23)c1. The van der Waals surface area contributed by atoms with E-state index < -0.39 is 11.2 Å². The number of methoxy groups -OCH3 is 1. The molecule has 2 N–H and O–H groups in total. The molecule has 0 bridgehead atoms. The minimum absolute atomic E-state index is 0.0722. The molecule has 0 spiro atoms. The molecule has 0 aliphatic carbocycles. The Kier molecular flexibility index (Phi) is 6.00. The summed E-state index contributed by atoms with van der Waals surface area (Å²) in [6.45, 7) is 4.32. The summed E-state index contributed by atoms with van der Waals surface area (Å²) < 4.78 is 11.9. The van der Waals surface area contributed by atoms with E-state index >= 15 is 0 Å². The van der Waals surface area contributed by atoms with E-state index in [4.69, 9.17) is 9.47 Å². The Morgan fingerprint density at radius 2 is 1.97 bits per heavy atom.